The van der Waals surface area contributed by atoms with Crippen molar-refractivity contribution in [1.29, 1.82) is 0 Å². The number of benzene rings is 1. The molecule has 0 bridgehead atoms. The van der Waals surface area contributed by atoms with Crippen molar-refractivity contribution in [3.8, 4) is 11.4 Å². The highest BCUT2D eigenvalue weighted by Crippen LogP contribution is 2.17. The summed E-state index contributed by atoms with van der Waals surface area (Å²) in [5.74, 6) is 0.679. The SMILES string of the molecule is COCC(Cn1nnnc1-c1ccc(N)cc1)OC. The van der Waals surface area contributed by atoms with E-state index in [0.717, 1.165) is 5.56 Å². The molecule has 0 spiro atoms. The fourth-order valence-corrected chi connectivity index (χ4v) is 1.74. The molecule has 0 aliphatic heterocycles. The molecule has 7 nitrogen and oxygen atoms in total. The quantitative estimate of drug-likeness (QED) is 0.767. The van der Waals surface area contributed by atoms with E-state index in [1.807, 2.05) is 24.3 Å². The maximum Gasteiger partial charge on any atom is 0.182 e. The van der Waals surface area contributed by atoms with Crippen molar-refractivity contribution < 1.29 is 9.47 Å². The van der Waals surface area contributed by atoms with E-state index < -0.39 is 0 Å². The average Bonchev–Trinajstić information content (AvgIpc) is 2.87. The van der Waals surface area contributed by atoms with Crippen molar-refractivity contribution in [3.63, 3.8) is 0 Å². The molecule has 0 saturated heterocycles. The second-order valence-electron chi connectivity index (χ2n) is 4.12. The van der Waals surface area contributed by atoms with Gasteiger partial charge in [-0.1, -0.05) is 0 Å². The molecule has 2 rings (SSSR count). The van der Waals surface area contributed by atoms with Gasteiger partial charge >= 0.3 is 0 Å². The number of anilines is 1. The monoisotopic (exact) mass is 263 g/mol. The highest BCUT2D eigenvalue weighted by molar-refractivity contribution is 5.58. The number of aromatic nitrogens is 4. The Kier molecular flexibility index (Phi) is 4.43. The molecule has 2 N–H and O–H groups in total. The number of hydrogen-bond donors (Lipinski definition) is 1. The second-order valence-corrected chi connectivity index (χ2v) is 4.12. The number of ether oxygens (including phenoxy) is 2. The summed E-state index contributed by atoms with van der Waals surface area (Å²) < 4.78 is 12.1. The van der Waals surface area contributed by atoms with Gasteiger partial charge in [0, 0.05) is 25.5 Å². The lowest BCUT2D eigenvalue weighted by Gasteiger charge is -2.14. The first kappa shape index (κ1) is 13.4. The van der Waals surface area contributed by atoms with Crippen LogP contribution in [-0.2, 0) is 16.0 Å². The van der Waals surface area contributed by atoms with E-state index in [9.17, 15) is 0 Å². The van der Waals surface area contributed by atoms with Crippen LogP contribution in [0.15, 0.2) is 24.3 Å². The van der Waals surface area contributed by atoms with Gasteiger partial charge in [-0.15, -0.1) is 5.10 Å². The Hall–Kier alpha value is -1.99. The van der Waals surface area contributed by atoms with Gasteiger partial charge in [-0.25, -0.2) is 4.68 Å². The topological polar surface area (TPSA) is 88.1 Å². The predicted octanol–water partition coefficient (Wildman–Crippen LogP) is 0.584. The molecule has 0 aliphatic carbocycles. The summed E-state index contributed by atoms with van der Waals surface area (Å²) >= 11 is 0. The van der Waals surface area contributed by atoms with Gasteiger partial charge in [0.15, 0.2) is 5.82 Å². The van der Waals surface area contributed by atoms with E-state index in [2.05, 4.69) is 15.5 Å². The van der Waals surface area contributed by atoms with Gasteiger partial charge < -0.3 is 15.2 Å². The lowest BCUT2D eigenvalue weighted by molar-refractivity contribution is 0.0163. The molecular weight excluding hydrogens is 246 g/mol. The molecule has 1 unspecified atom stereocenters. The van der Waals surface area contributed by atoms with Gasteiger partial charge in [0.25, 0.3) is 0 Å². The van der Waals surface area contributed by atoms with Gasteiger partial charge in [0.05, 0.1) is 13.2 Å². The largest absolute Gasteiger partial charge is 0.399 e. The van der Waals surface area contributed by atoms with E-state index in [4.69, 9.17) is 15.2 Å². The van der Waals surface area contributed by atoms with Crippen LogP contribution in [0.2, 0.25) is 0 Å². The number of nitrogen functional groups attached to an aromatic ring is 1. The van der Waals surface area contributed by atoms with Crippen molar-refractivity contribution >= 4 is 5.69 Å². The molecule has 7 heteroatoms. The summed E-state index contributed by atoms with van der Waals surface area (Å²) in [7, 11) is 3.27. The van der Waals surface area contributed by atoms with Gasteiger partial charge in [-0.3, -0.25) is 0 Å². The fourth-order valence-electron chi connectivity index (χ4n) is 1.74. The lowest BCUT2D eigenvalue weighted by atomic mass is 10.2. The van der Waals surface area contributed by atoms with Crippen LogP contribution in [0, 0.1) is 0 Å². The van der Waals surface area contributed by atoms with Crippen LogP contribution < -0.4 is 5.73 Å². The van der Waals surface area contributed by atoms with Crippen LogP contribution >= 0.6 is 0 Å². The van der Waals surface area contributed by atoms with Crippen LogP contribution in [0.3, 0.4) is 0 Å². The van der Waals surface area contributed by atoms with Crippen LogP contribution in [0.4, 0.5) is 5.69 Å². The minimum Gasteiger partial charge on any atom is -0.399 e. The summed E-state index contributed by atoms with van der Waals surface area (Å²) in [6, 6.07) is 7.40. The Balaban J connectivity index is 2.19. The standard InChI is InChI=1S/C12H17N5O2/c1-18-8-11(19-2)7-17-12(14-15-16-17)9-3-5-10(13)6-4-9/h3-6,11H,7-8,13H2,1-2H3. The summed E-state index contributed by atoms with van der Waals surface area (Å²) in [5, 5.41) is 11.7. The number of tetrazole rings is 1. The Morgan fingerprint density at radius 3 is 2.63 bits per heavy atom. The molecule has 1 heterocycles. The highest BCUT2D eigenvalue weighted by Gasteiger charge is 2.14. The van der Waals surface area contributed by atoms with E-state index in [1.54, 1.807) is 18.9 Å². The zero-order valence-corrected chi connectivity index (χ0v) is 11.0. The average molecular weight is 263 g/mol. The molecule has 0 saturated carbocycles. The zero-order valence-electron chi connectivity index (χ0n) is 11.0. The molecule has 2 aromatic rings. The number of hydrogen-bond acceptors (Lipinski definition) is 6. The van der Waals surface area contributed by atoms with E-state index >= 15 is 0 Å². The van der Waals surface area contributed by atoms with Crippen molar-refractivity contribution in [2.45, 2.75) is 12.6 Å². The first-order valence-electron chi connectivity index (χ1n) is 5.88. The Morgan fingerprint density at radius 1 is 1.26 bits per heavy atom. The van der Waals surface area contributed by atoms with E-state index in [-0.39, 0.29) is 6.10 Å². The second kappa shape index (κ2) is 6.26. The predicted molar refractivity (Wildman–Crippen MR) is 70.3 cm³/mol. The minimum atomic E-state index is -0.0963. The van der Waals surface area contributed by atoms with Gasteiger partial charge in [0.1, 0.15) is 6.10 Å². The number of methoxy groups -OCH3 is 2. The summed E-state index contributed by atoms with van der Waals surface area (Å²) in [4.78, 5) is 0. The van der Waals surface area contributed by atoms with Crippen LogP contribution in [-0.4, -0.2) is 47.1 Å². The Labute approximate surface area is 111 Å². The van der Waals surface area contributed by atoms with Crippen LogP contribution in [0.5, 0.6) is 0 Å². The van der Waals surface area contributed by atoms with Crippen LogP contribution in [0.25, 0.3) is 11.4 Å². The van der Waals surface area contributed by atoms with E-state index in [1.165, 1.54) is 0 Å². The normalized spacial score (nSPS) is 12.5. The Morgan fingerprint density at radius 2 is 2.00 bits per heavy atom. The van der Waals surface area contributed by atoms with Gasteiger partial charge in [0.2, 0.25) is 0 Å². The number of nitrogens with two attached hydrogens (primary N) is 1. The highest BCUT2D eigenvalue weighted by atomic mass is 16.5. The van der Waals surface area contributed by atoms with Crippen molar-refractivity contribution in [2.24, 2.45) is 0 Å². The fraction of sp³-hybridized carbons (Fsp3) is 0.417. The molecule has 102 valence electrons. The molecule has 0 radical (unpaired) electrons. The molecule has 19 heavy (non-hydrogen) atoms. The first-order valence-corrected chi connectivity index (χ1v) is 5.88. The molecule has 0 amide bonds. The Bertz CT molecular complexity index is 511. The molecule has 1 atom stereocenters. The minimum absolute atomic E-state index is 0.0963. The lowest BCUT2D eigenvalue weighted by Crippen LogP contribution is -2.24. The molecule has 1 aromatic carbocycles. The van der Waals surface area contributed by atoms with Crippen molar-refractivity contribution in [2.75, 3.05) is 26.6 Å². The summed E-state index contributed by atoms with van der Waals surface area (Å²) in [5.41, 5.74) is 7.28. The number of nitrogens with zero attached hydrogens (tertiary/aromatic N) is 4. The third kappa shape index (κ3) is 3.27. The summed E-state index contributed by atoms with van der Waals surface area (Å²) in [6.45, 7) is 1.01. The van der Waals surface area contributed by atoms with Crippen molar-refractivity contribution in [3.05, 3.63) is 24.3 Å². The van der Waals surface area contributed by atoms with Gasteiger partial charge in [-0.2, -0.15) is 0 Å². The third-order valence-corrected chi connectivity index (χ3v) is 2.76. The molecule has 1 aromatic heterocycles. The smallest absolute Gasteiger partial charge is 0.182 e. The summed E-state index contributed by atoms with van der Waals surface area (Å²) in [6.07, 6.45) is -0.0963. The maximum atomic E-state index is 5.66. The molecule has 0 aliphatic rings. The number of rotatable bonds is 6. The van der Waals surface area contributed by atoms with Gasteiger partial charge in [-0.05, 0) is 34.7 Å². The maximum absolute atomic E-state index is 5.66. The van der Waals surface area contributed by atoms with Crippen LogP contribution in [0.1, 0.15) is 0 Å². The molecular formula is C12H17N5O2. The third-order valence-electron chi connectivity index (χ3n) is 2.76. The first-order chi connectivity index (χ1) is 9.24. The van der Waals surface area contributed by atoms with Crippen molar-refractivity contribution in [1.82, 2.24) is 20.2 Å². The zero-order chi connectivity index (χ0) is 13.7. The molecule has 0 fully saturated rings. The van der Waals surface area contributed by atoms with E-state index in [0.29, 0.717) is 24.7 Å².